The average Bonchev–Trinajstić information content (AvgIpc) is 2.53. The monoisotopic (exact) mass is 306 g/mol. The van der Waals surface area contributed by atoms with Gasteiger partial charge in [0.25, 0.3) is 0 Å². The fourth-order valence-corrected chi connectivity index (χ4v) is 4.79. The average molecular weight is 306 g/mol. The lowest BCUT2D eigenvalue weighted by molar-refractivity contribution is -0.119. The Bertz CT molecular complexity index is 660. The Morgan fingerprint density at radius 3 is 2.43 bits per heavy atom. The van der Waals surface area contributed by atoms with Crippen molar-refractivity contribution in [3.05, 3.63) is 58.7 Å². The Morgan fingerprint density at radius 1 is 1.00 bits per heavy atom. The molecule has 0 amide bonds. The lowest BCUT2D eigenvalue weighted by Gasteiger charge is -2.41. The SMILES string of the molecule is CC1=CC2=C(CCCC2)C(=O)C1C(c1ccccc1)C1CCC1. The molecule has 0 aromatic heterocycles. The maximum absolute atomic E-state index is 13.3. The molecule has 0 saturated heterocycles. The fraction of sp³-hybridized carbons (Fsp3) is 0.500. The maximum Gasteiger partial charge on any atom is 0.166 e. The van der Waals surface area contributed by atoms with Gasteiger partial charge in [0.05, 0.1) is 5.92 Å². The third-order valence-electron chi connectivity index (χ3n) is 6.18. The molecule has 1 aromatic carbocycles. The van der Waals surface area contributed by atoms with Crippen LogP contribution in [0.3, 0.4) is 0 Å². The molecule has 3 aliphatic carbocycles. The first-order valence-electron chi connectivity index (χ1n) is 9.25. The summed E-state index contributed by atoms with van der Waals surface area (Å²) in [5, 5.41) is 0. The Balaban J connectivity index is 1.73. The maximum atomic E-state index is 13.3. The summed E-state index contributed by atoms with van der Waals surface area (Å²) in [7, 11) is 0. The van der Waals surface area contributed by atoms with Gasteiger partial charge in [0.2, 0.25) is 0 Å². The van der Waals surface area contributed by atoms with Crippen LogP contribution in [0, 0.1) is 11.8 Å². The summed E-state index contributed by atoms with van der Waals surface area (Å²) in [4.78, 5) is 13.3. The molecule has 3 aliphatic rings. The Kier molecular flexibility index (Phi) is 3.97. The van der Waals surface area contributed by atoms with Gasteiger partial charge < -0.3 is 0 Å². The number of hydrogen-bond donors (Lipinski definition) is 0. The van der Waals surface area contributed by atoms with E-state index in [0.29, 0.717) is 17.6 Å². The number of ketones is 1. The van der Waals surface area contributed by atoms with Crippen LogP contribution in [0.2, 0.25) is 0 Å². The van der Waals surface area contributed by atoms with E-state index in [-0.39, 0.29) is 5.92 Å². The Hall–Kier alpha value is -1.63. The predicted molar refractivity (Wildman–Crippen MR) is 94.3 cm³/mol. The van der Waals surface area contributed by atoms with Crippen molar-refractivity contribution >= 4 is 5.78 Å². The molecule has 2 atom stereocenters. The number of benzene rings is 1. The molecule has 0 bridgehead atoms. The molecule has 4 rings (SSSR count). The van der Waals surface area contributed by atoms with Crippen LogP contribution in [0.4, 0.5) is 0 Å². The van der Waals surface area contributed by atoms with Crippen molar-refractivity contribution in [2.24, 2.45) is 11.8 Å². The number of carbonyl (C=O) groups is 1. The zero-order chi connectivity index (χ0) is 15.8. The first kappa shape index (κ1) is 14.9. The van der Waals surface area contributed by atoms with E-state index in [1.54, 1.807) is 0 Å². The van der Waals surface area contributed by atoms with E-state index in [0.717, 1.165) is 18.4 Å². The van der Waals surface area contributed by atoms with Gasteiger partial charge in [0.15, 0.2) is 5.78 Å². The molecule has 120 valence electrons. The fourth-order valence-electron chi connectivity index (χ4n) is 4.79. The van der Waals surface area contributed by atoms with Crippen molar-refractivity contribution < 1.29 is 4.79 Å². The summed E-state index contributed by atoms with van der Waals surface area (Å²) in [6.45, 7) is 2.19. The molecule has 1 saturated carbocycles. The van der Waals surface area contributed by atoms with Crippen LogP contribution in [0.1, 0.15) is 63.4 Å². The Morgan fingerprint density at radius 2 is 1.74 bits per heavy atom. The van der Waals surface area contributed by atoms with Gasteiger partial charge in [-0.3, -0.25) is 4.79 Å². The molecule has 0 aliphatic heterocycles. The second-order valence-electron chi connectivity index (χ2n) is 7.57. The van der Waals surface area contributed by atoms with Gasteiger partial charge in [-0.1, -0.05) is 48.4 Å². The van der Waals surface area contributed by atoms with E-state index in [1.807, 2.05) is 0 Å². The summed E-state index contributed by atoms with van der Waals surface area (Å²) in [5.41, 5.74) is 5.17. The van der Waals surface area contributed by atoms with Gasteiger partial charge in [-0.2, -0.15) is 0 Å². The van der Waals surface area contributed by atoms with E-state index >= 15 is 0 Å². The van der Waals surface area contributed by atoms with E-state index in [4.69, 9.17) is 0 Å². The largest absolute Gasteiger partial charge is 0.294 e. The molecule has 1 heteroatoms. The third kappa shape index (κ3) is 2.60. The first-order chi connectivity index (χ1) is 11.3. The zero-order valence-electron chi connectivity index (χ0n) is 14.1. The van der Waals surface area contributed by atoms with Crippen molar-refractivity contribution in [2.45, 2.75) is 57.8 Å². The van der Waals surface area contributed by atoms with Crippen molar-refractivity contribution in [3.63, 3.8) is 0 Å². The second kappa shape index (κ2) is 6.11. The standard InChI is InChI=1S/C22H26O/c1-15-14-18-10-5-6-13-19(18)22(23)20(15)21(17-11-7-12-17)16-8-3-2-4-9-16/h2-4,8-9,14,17,20-21H,5-7,10-13H2,1H3. The zero-order valence-corrected chi connectivity index (χ0v) is 14.1. The summed E-state index contributed by atoms with van der Waals surface area (Å²) >= 11 is 0. The first-order valence-corrected chi connectivity index (χ1v) is 9.25. The number of hydrogen-bond acceptors (Lipinski definition) is 1. The van der Waals surface area contributed by atoms with Crippen molar-refractivity contribution in [3.8, 4) is 0 Å². The highest BCUT2D eigenvalue weighted by Crippen LogP contribution is 2.49. The van der Waals surface area contributed by atoms with Gasteiger partial charge in [-0.15, -0.1) is 0 Å². The molecule has 2 unspecified atom stereocenters. The molecule has 1 nitrogen and oxygen atoms in total. The van der Waals surface area contributed by atoms with E-state index in [1.165, 1.54) is 48.8 Å². The highest BCUT2D eigenvalue weighted by molar-refractivity contribution is 6.02. The van der Waals surface area contributed by atoms with Crippen LogP contribution in [0.5, 0.6) is 0 Å². The second-order valence-corrected chi connectivity index (χ2v) is 7.57. The third-order valence-corrected chi connectivity index (χ3v) is 6.18. The summed E-state index contributed by atoms with van der Waals surface area (Å²) in [5.74, 6) is 1.59. The van der Waals surface area contributed by atoms with Gasteiger partial charge in [-0.25, -0.2) is 0 Å². The van der Waals surface area contributed by atoms with E-state index in [9.17, 15) is 4.79 Å². The van der Waals surface area contributed by atoms with Crippen molar-refractivity contribution in [1.29, 1.82) is 0 Å². The lowest BCUT2D eigenvalue weighted by Crippen LogP contribution is -2.35. The van der Waals surface area contributed by atoms with Crippen LogP contribution < -0.4 is 0 Å². The highest BCUT2D eigenvalue weighted by atomic mass is 16.1. The van der Waals surface area contributed by atoms with Gasteiger partial charge in [-0.05, 0) is 68.1 Å². The quantitative estimate of drug-likeness (QED) is 0.712. The lowest BCUT2D eigenvalue weighted by atomic mass is 9.62. The van der Waals surface area contributed by atoms with Crippen LogP contribution in [-0.2, 0) is 4.79 Å². The molecular formula is C22H26O. The molecule has 0 heterocycles. The van der Waals surface area contributed by atoms with Crippen LogP contribution in [0.15, 0.2) is 53.1 Å². The molecule has 1 fully saturated rings. The molecule has 0 spiro atoms. The van der Waals surface area contributed by atoms with E-state index in [2.05, 4.69) is 43.3 Å². The molecule has 0 N–H and O–H groups in total. The van der Waals surface area contributed by atoms with Gasteiger partial charge >= 0.3 is 0 Å². The minimum Gasteiger partial charge on any atom is -0.294 e. The number of carbonyl (C=O) groups excluding carboxylic acids is 1. The molecule has 0 radical (unpaired) electrons. The Labute approximate surface area is 139 Å². The van der Waals surface area contributed by atoms with E-state index < -0.39 is 0 Å². The van der Waals surface area contributed by atoms with Crippen molar-refractivity contribution in [2.75, 3.05) is 0 Å². The van der Waals surface area contributed by atoms with Crippen LogP contribution >= 0.6 is 0 Å². The normalized spacial score (nSPS) is 26.4. The highest BCUT2D eigenvalue weighted by Gasteiger charge is 2.41. The van der Waals surface area contributed by atoms with Crippen LogP contribution in [-0.4, -0.2) is 5.78 Å². The van der Waals surface area contributed by atoms with Crippen molar-refractivity contribution in [1.82, 2.24) is 0 Å². The molecular weight excluding hydrogens is 280 g/mol. The number of Topliss-reactive ketones (excluding diaryl/α,β-unsaturated/α-hetero) is 1. The number of rotatable bonds is 3. The molecule has 1 aromatic rings. The van der Waals surface area contributed by atoms with Crippen LogP contribution in [0.25, 0.3) is 0 Å². The number of allylic oxidation sites excluding steroid dienone is 4. The summed E-state index contributed by atoms with van der Waals surface area (Å²) in [6, 6.07) is 10.8. The smallest absolute Gasteiger partial charge is 0.166 e. The summed E-state index contributed by atoms with van der Waals surface area (Å²) in [6.07, 6.45) is 10.8. The van der Waals surface area contributed by atoms with Gasteiger partial charge in [0, 0.05) is 5.92 Å². The topological polar surface area (TPSA) is 17.1 Å². The minimum atomic E-state index is 0.0829. The predicted octanol–water partition coefficient (Wildman–Crippen LogP) is 5.59. The molecule has 23 heavy (non-hydrogen) atoms. The minimum absolute atomic E-state index is 0.0829. The van der Waals surface area contributed by atoms with Gasteiger partial charge in [0.1, 0.15) is 0 Å². The summed E-state index contributed by atoms with van der Waals surface area (Å²) < 4.78 is 0.